The highest BCUT2D eigenvalue weighted by atomic mass is 16.5. The minimum Gasteiger partial charge on any atom is -0.465 e. The molecule has 1 heterocycles. The number of nitrogens with two attached hydrogens (primary N) is 1. The molecule has 1 aliphatic rings. The summed E-state index contributed by atoms with van der Waals surface area (Å²) < 4.78 is 5.01. The molecule has 4 nitrogen and oxygen atoms in total. The van der Waals surface area contributed by atoms with Crippen molar-refractivity contribution < 1.29 is 9.53 Å². The smallest absolute Gasteiger partial charge is 0.325 e. The summed E-state index contributed by atoms with van der Waals surface area (Å²) in [5.41, 5.74) is 5.17. The molecule has 0 amide bonds. The minimum atomic E-state index is -0.862. The van der Waals surface area contributed by atoms with Crippen LogP contribution < -0.4 is 5.73 Å². The second-order valence-corrected chi connectivity index (χ2v) is 5.90. The fourth-order valence-corrected chi connectivity index (χ4v) is 2.56. The van der Waals surface area contributed by atoms with E-state index in [1.54, 1.807) is 6.92 Å². The SMILES string of the molecule is CCOC(=O)C(C)(N)CCN1CCC(C)CC1C. The quantitative estimate of drug-likeness (QED) is 0.762. The van der Waals surface area contributed by atoms with Gasteiger partial charge in [-0.15, -0.1) is 0 Å². The Morgan fingerprint density at radius 2 is 2.17 bits per heavy atom. The van der Waals surface area contributed by atoms with Crippen LogP contribution in [-0.4, -0.2) is 42.1 Å². The predicted molar refractivity (Wildman–Crippen MR) is 73.3 cm³/mol. The van der Waals surface area contributed by atoms with Crippen molar-refractivity contribution in [3.63, 3.8) is 0 Å². The molecule has 0 saturated carbocycles. The Morgan fingerprint density at radius 3 is 2.72 bits per heavy atom. The van der Waals surface area contributed by atoms with Gasteiger partial charge in [0, 0.05) is 12.6 Å². The van der Waals surface area contributed by atoms with Crippen molar-refractivity contribution in [2.45, 2.75) is 58.5 Å². The van der Waals surface area contributed by atoms with Gasteiger partial charge in [0.25, 0.3) is 0 Å². The number of hydrogen-bond donors (Lipinski definition) is 1. The lowest BCUT2D eigenvalue weighted by Gasteiger charge is -2.37. The van der Waals surface area contributed by atoms with Crippen LogP contribution in [0.2, 0.25) is 0 Å². The minimum absolute atomic E-state index is 0.289. The molecule has 0 aromatic rings. The van der Waals surface area contributed by atoms with Gasteiger partial charge in [0.05, 0.1) is 6.61 Å². The first kappa shape index (κ1) is 15.4. The summed E-state index contributed by atoms with van der Waals surface area (Å²) in [7, 11) is 0. The molecule has 3 atom stereocenters. The average molecular weight is 256 g/mol. The summed E-state index contributed by atoms with van der Waals surface area (Å²) in [6, 6.07) is 0.590. The van der Waals surface area contributed by atoms with Crippen LogP contribution in [-0.2, 0) is 9.53 Å². The lowest BCUT2D eigenvalue weighted by Crippen LogP contribution is -2.50. The van der Waals surface area contributed by atoms with Crippen LogP contribution in [0.15, 0.2) is 0 Å². The number of carbonyl (C=O) groups is 1. The Bertz CT molecular complexity index is 279. The van der Waals surface area contributed by atoms with Gasteiger partial charge < -0.3 is 15.4 Å². The molecule has 0 aromatic carbocycles. The maximum absolute atomic E-state index is 11.7. The summed E-state index contributed by atoms with van der Waals surface area (Å²) >= 11 is 0. The van der Waals surface area contributed by atoms with Crippen molar-refractivity contribution in [1.29, 1.82) is 0 Å². The zero-order valence-electron chi connectivity index (χ0n) is 12.2. The Morgan fingerprint density at radius 1 is 1.50 bits per heavy atom. The second-order valence-electron chi connectivity index (χ2n) is 5.90. The van der Waals surface area contributed by atoms with E-state index in [1.807, 2.05) is 6.92 Å². The topological polar surface area (TPSA) is 55.6 Å². The molecular formula is C14H28N2O2. The Labute approximate surface area is 111 Å². The fraction of sp³-hybridized carbons (Fsp3) is 0.929. The zero-order valence-corrected chi connectivity index (χ0v) is 12.2. The van der Waals surface area contributed by atoms with Gasteiger partial charge in [-0.25, -0.2) is 0 Å². The number of ether oxygens (including phenoxy) is 1. The molecular weight excluding hydrogens is 228 g/mol. The Balaban J connectivity index is 2.42. The van der Waals surface area contributed by atoms with E-state index in [9.17, 15) is 4.79 Å². The summed E-state index contributed by atoms with van der Waals surface area (Å²) in [4.78, 5) is 14.1. The van der Waals surface area contributed by atoms with Gasteiger partial charge in [0.2, 0.25) is 0 Å². The molecule has 3 unspecified atom stereocenters. The number of rotatable bonds is 5. The number of piperidine rings is 1. The van der Waals surface area contributed by atoms with Gasteiger partial charge in [-0.05, 0) is 52.5 Å². The molecule has 1 rings (SSSR count). The number of esters is 1. The predicted octanol–water partition coefficient (Wildman–Crippen LogP) is 1.78. The van der Waals surface area contributed by atoms with E-state index in [1.165, 1.54) is 12.8 Å². The zero-order chi connectivity index (χ0) is 13.8. The molecule has 106 valence electrons. The molecule has 4 heteroatoms. The molecule has 0 spiro atoms. The fourth-order valence-electron chi connectivity index (χ4n) is 2.56. The lowest BCUT2D eigenvalue weighted by molar-refractivity contribution is -0.149. The first-order valence-electron chi connectivity index (χ1n) is 7.07. The highest BCUT2D eigenvalue weighted by molar-refractivity contribution is 5.79. The van der Waals surface area contributed by atoms with E-state index in [2.05, 4.69) is 18.7 Å². The van der Waals surface area contributed by atoms with Gasteiger partial charge in [-0.2, -0.15) is 0 Å². The highest BCUT2D eigenvalue weighted by Crippen LogP contribution is 2.23. The summed E-state index contributed by atoms with van der Waals surface area (Å²) in [6.45, 7) is 10.5. The van der Waals surface area contributed by atoms with Crippen molar-refractivity contribution in [3.8, 4) is 0 Å². The second kappa shape index (κ2) is 6.53. The number of carbonyl (C=O) groups excluding carboxylic acids is 1. The Hall–Kier alpha value is -0.610. The number of likely N-dealkylation sites (tertiary alicyclic amines) is 1. The van der Waals surface area contributed by atoms with Crippen molar-refractivity contribution >= 4 is 5.97 Å². The van der Waals surface area contributed by atoms with E-state index >= 15 is 0 Å². The van der Waals surface area contributed by atoms with Crippen LogP contribution in [0.1, 0.15) is 47.0 Å². The molecule has 0 bridgehead atoms. The summed E-state index contributed by atoms with van der Waals surface area (Å²) in [5.74, 6) is 0.522. The molecule has 0 aromatic heterocycles. The molecule has 1 fully saturated rings. The normalized spacial score (nSPS) is 28.7. The maximum Gasteiger partial charge on any atom is 0.325 e. The van der Waals surface area contributed by atoms with Crippen LogP contribution in [0.25, 0.3) is 0 Å². The van der Waals surface area contributed by atoms with Gasteiger partial charge in [0.1, 0.15) is 5.54 Å². The monoisotopic (exact) mass is 256 g/mol. The number of hydrogen-bond acceptors (Lipinski definition) is 4. The van der Waals surface area contributed by atoms with Gasteiger partial charge >= 0.3 is 5.97 Å². The molecule has 1 aliphatic heterocycles. The average Bonchev–Trinajstić information content (AvgIpc) is 2.28. The number of nitrogens with zero attached hydrogens (tertiary/aromatic N) is 1. The first-order valence-corrected chi connectivity index (χ1v) is 7.07. The van der Waals surface area contributed by atoms with Crippen LogP contribution in [0.5, 0.6) is 0 Å². The maximum atomic E-state index is 11.7. The van der Waals surface area contributed by atoms with Crippen molar-refractivity contribution in [2.75, 3.05) is 19.7 Å². The third kappa shape index (κ3) is 4.25. The molecule has 0 aliphatic carbocycles. The third-order valence-electron chi connectivity index (χ3n) is 3.94. The molecule has 18 heavy (non-hydrogen) atoms. The van der Waals surface area contributed by atoms with Crippen LogP contribution in [0.3, 0.4) is 0 Å². The van der Waals surface area contributed by atoms with Crippen LogP contribution in [0.4, 0.5) is 0 Å². The van der Waals surface area contributed by atoms with Gasteiger partial charge in [-0.1, -0.05) is 6.92 Å². The molecule has 0 radical (unpaired) electrons. The van der Waals surface area contributed by atoms with E-state index in [4.69, 9.17) is 10.5 Å². The third-order valence-corrected chi connectivity index (χ3v) is 3.94. The van der Waals surface area contributed by atoms with Crippen molar-refractivity contribution in [1.82, 2.24) is 4.90 Å². The Kier molecular flexibility index (Phi) is 5.60. The standard InChI is InChI=1S/C14H28N2O2/c1-5-18-13(17)14(4,15)7-9-16-8-6-11(2)10-12(16)3/h11-12H,5-10,15H2,1-4H3. The van der Waals surface area contributed by atoms with E-state index in [0.29, 0.717) is 19.1 Å². The van der Waals surface area contributed by atoms with Crippen molar-refractivity contribution in [3.05, 3.63) is 0 Å². The van der Waals surface area contributed by atoms with Crippen molar-refractivity contribution in [2.24, 2.45) is 11.7 Å². The summed E-state index contributed by atoms with van der Waals surface area (Å²) in [5, 5.41) is 0. The first-order chi connectivity index (χ1) is 8.36. The lowest BCUT2D eigenvalue weighted by atomic mass is 9.92. The van der Waals surface area contributed by atoms with Gasteiger partial charge in [-0.3, -0.25) is 4.79 Å². The largest absolute Gasteiger partial charge is 0.465 e. The van der Waals surface area contributed by atoms with E-state index in [-0.39, 0.29) is 5.97 Å². The van der Waals surface area contributed by atoms with Crippen LogP contribution >= 0.6 is 0 Å². The summed E-state index contributed by atoms with van der Waals surface area (Å²) in [6.07, 6.45) is 3.14. The van der Waals surface area contributed by atoms with E-state index in [0.717, 1.165) is 19.0 Å². The molecule has 1 saturated heterocycles. The van der Waals surface area contributed by atoms with Gasteiger partial charge in [0.15, 0.2) is 0 Å². The highest BCUT2D eigenvalue weighted by Gasteiger charge is 2.31. The van der Waals surface area contributed by atoms with E-state index < -0.39 is 5.54 Å². The van der Waals surface area contributed by atoms with Crippen LogP contribution in [0, 0.1) is 5.92 Å². The molecule has 2 N–H and O–H groups in total.